The largest absolute Gasteiger partial charge is 0.491 e. The number of hydrogen-bond acceptors (Lipinski definition) is 9. The van der Waals surface area contributed by atoms with Crippen molar-refractivity contribution in [3.63, 3.8) is 0 Å². The number of fused-ring (bicyclic) bond motifs is 2. The number of pyridine rings is 2. The molecule has 0 amide bonds. The molecule has 0 fully saturated rings. The molecule has 1 N–H and O–H groups in total. The molecule has 0 aliphatic heterocycles. The van der Waals surface area contributed by atoms with Gasteiger partial charge in [0.15, 0.2) is 0 Å². The predicted molar refractivity (Wildman–Crippen MR) is 179 cm³/mol. The summed E-state index contributed by atoms with van der Waals surface area (Å²) in [5.74, 6) is 0.406. The maximum absolute atomic E-state index is 13.9. The molecule has 12 heteroatoms. The van der Waals surface area contributed by atoms with Crippen LogP contribution in [0.3, 0.4) is 0 Å². The van der Waals surface area contributed by atoms with Gasteiger partial charge in [-0.1, -0.05) is 11.6 Å². The Kier molecular flexibility index (Phi) is 8.01. The van der Waals surface area contributed by atoms with Crippen LogP contribution in [0.15, 0.2) is 52.8 Å². The molecule has 46 heavy (non-hydrogen) atoms. The minimum Gasteiger partial charge on any atom is -0.491 e. The van der Waals surface area contributed by atoms with Gasteiger partial charge in [0.2, 0.25) is 5.88 Å². The van der Waals surface area contributed by atoms with Gasteiger partial charge in [-0.2, -0.15) is 0 Å². The van der Waals surface area contributed by atoms with Crippen molar-refractivity contribution >= 4 is 39.1 Å². The molecule has 1 unspecified atom stereocenters. The van der Waals surface area contributed by atoms with Crippen molar-refractivity contribution in [2.45, 2.75) is 52.2 Å². The van der Waals surface area contributed by atoms with E-state index in [1.54, 1.807) is 60.3 Å². The Balaban J connectivity index is 1.25. The van der Waals surface area contributed by atoms with Gasteiger partial charge < -0.3 is 14.6 Å². The molecule has 6 rings (SSSR count). The van der Waals surface area contributed by atoms with Gasteiger partial charge in [-0.05, 0) is 76.0 Å². The topological polar surface area (TPSA) is 120 Å². The van der Waals surface area contributed by atoms with Crippen molar-refractivity contribution in [2.75, 3.05) is 20.7 Å². The number of carbonyl (C=O) groups is 1. The lowest BCUT2D eigenvalue weighted by Crippen LogP contribution is -2.41. The van der Waals surface area contributed by atoms with E-state index >= 15 is 0 Å². The number of carboxylic acid groups (broad SMARTS) is 1. The number of rotatable bonds is 10. The molecule has 1 aromatic carbocycles. The van der Waals surface area contributed by atoms with E-state index in [-0.39, 0.29) is 37.2 Å². The molecule has 0 bridgehead atoms. The first-order valence-electron chi connectivity index (χ1n) is 16.2. The molecular formula is C34H34ClN5O5S. The fourth-order valence-electron chi connectivity index (χ4n) is 5.90. The summed E-state index contributed by atoms with van der Waals surface area (Å²) in [5.41, 5.74) is 4.34. The Labute approximate surface area is 279 Å². The summed E-state index contributed by atoms with van der Waals surface area (Å²) in [4.78, 5) is 40.6. The Morgan fingerprint density at radius 3 is 2.85 bits per heavy atom. The van der Waals surface area contributed by atoms with E-state index in [4.69, 9.17) is 30.2 Å². The molecule has 1 aliphatic rings. The monoisotopic (exact) mass is 662 g/mol. The number of ether oxygens (including phenoxy) is 2. The second-order valence-corrected chi connectivity index (χ2v) is 12.5. The van der Waals surface area contributed by atoms with Crippen LogP contribution in [0.25, 0.3) is 21.3 Å². The van der Waals surface area contributed by atoms with Crippen molar-refractivity contribution in [1.29, 1.82) is 0 Å². The van der Waals surface area contributed by atoms with E-state index in [0.29, 0.717) is 68.0 Å². The second-order valence-electron chi connectivity index (χ2n) is 11.2. The van der Waals surface area contributed by atoms with E-state index < -0.39 is 19.0 Å². The quantitative estimate of drug-likeness (QED) is 0.193. The van der Waals surface area contributed by atoms with Crippen LogP contribution in [0.5, 0.6) is 11.6 Å². The number of carboxylic acids is 1. The third-order valence-electron chi connectivity index (χ3n) is 8.18. The van der Waals surface area contributed by atoms with E-state index in [1.165, 1.54) is 23.3 Å². The number of aromatic nitrogens is 4. The molecule has 0 spiro atoms. The van der Waals surface area contributed by atoms with Crippen molar-refractivity contribution in [3.8, 4) is 22.8 Å². The summed E-state index contributed by atoms with van der Waals surface area (Å²) < 4.78 is 38.6. The van der Waals surface area contributed by atoms with Gasteiger partial charge in [0, 0.05) is 61.7 Å². The van der Waals surface area contributed by atoms with Crippen LogP contribution in [0, 0.1) is 13.8 Å². The summed E-state index contributed by atoms with van der Waals surface area (Å²) in [7, 11) is 1.51. The minimum absolute atomic E-state index is 0.128. The number of nitrogens with zero attached hydrogens (tertiary/aromatic N) is 5. The molecule has 0 radical (unpaired) electrons. The highest BCUT2D eigenvalue weighted by Gasteiger charge is 2.27. The van der Waals surface area contributed by atoms with Gasteiger partial charge in [-0.3, -0.25) is 19.2 Å². The van der Waals surface area contributed by atoms with Gasteiger partial charge in [0.05, 0.1) is 35.1 Å². The summed E-state index contributed by atoms with van der Waals surface area (Å²) in [6, 6.07) is 10.2. The molecule has 10 nitrogen and oxygen atoms in total. The Morgan fingerprint density at radius 2 is 2.07 bits per heavy atom. The fraction of sp³-hybridized carbons (Fsp3) is 0.324. The highest BCUT2D eigenvalue weighted by atomic mass is 35.5. The number of aromatic carboxylic acids is 1. The summed E-state index contributed by atoms with van der Waals surface area (Å²) in [6.45, 7) is 1.66. The number of benzene rings is 1. The molecule has 4 aromatic heterocycles. The minimum atomic E-state index is -2.39. The van der Waals surface area contributed by atoms with Crippen molar-refractivity contribution < 1.29 is 23.5 Å². The highest BCUT2D eigenvalue weighted by Crippen LogP contribution is 2.40. The summed E-state index contributed by atoms with van der Waals surface area (Å²) >= 11 is 7.70. The van der Waals surface area contributed by atoms with Crippen LogP contribution >= 0.6 is 22.9 Å². The number of hydrogen-bond donors (Lipinski definition) is 1. The fourth-order valence-corrected chi connectivity index (χ4v) is 7.08. The summed E-state index contributed by atoms with van der Waals surface area (Å²) in [6.07, 6.45) is 2.87. The van der Waals surface area contributed by atoms with Gasteiger partial charge in [-0.25, -0.2) is 14.8 Å². The molecular weight excluding hydrogens is 626 g/mol. The first-order valence-corrected chi connectivity index (χ1v) is 16.0. The molecule has 5 aromatic rings. The van der Waals surface area contributed by atoms with Gasteiger partial charge >= 0.3 is 5.97 Å². The van der Waals surface area contributed by atoms with Crippen LogP contribution in [0.1, 0.15) is 49.2 Å². The summed E-state index contributed by atoms with van der Waals surface area (Å²) in [5, 5.41) is 11.7. The third-order valence-corrected chi connectivity index (χ3v) is 9.42. The molecule has 1 atom stereocenters. The van der Waals surface area contributed by atoms with Gasteiger partial charge in [0.25, 0.3) is 5.56 Å². The van der Waals surface area contributed by atoms with E-state index in [9.17, 15) is 14.7 Å². The number of aryl methyl sites for hydroxylation is 3. The van der Waals surface area contributed by atoms with Gasteiger partial charge in [0.1, 0.15) is 18.2 Å². The average molecular weight is 663 g/mol. The van der Waals surface area contributed by atoms with E-state index in [0.717, 1.165) is 11.1 Å². The smallest absolute Gasteiger partial charge is 0.338 e. The van der Waals surface area contributed by atoms with Crippen LogP contribution in [0.4, 0.5) is 0 Å². The van der Waals surface area contributed by atoms with Gasteiger partial charge in [-0.15, -0.1) is 11.3 Å². The predicted octanol–water partition coefficient (Wildman–Crippen LogP) is 5.96. The Hall–Kier alpha value is -4.32. The van der Waals surface area contributed by atoms with Crippen molar-refractivity contribution in [3.05, 3.63) is 97.3 Å². The molecule has 4 heterocycles. The zero-order valence-corrected chi connectivity index (χ0v) is 27.1. The molecule has 0 saturated heterocycles. The van der Waals surface area contributed by atoms with Crippen LogP contribution in [0.2, 0.25) is 5.02 Å². The number of methoxy groups -OCH3 is 1. The van der Waals surface area contributed by atoms with E-state index in [1.807, 2.05) is 6.07 Å². The van der Waals surface area contributed by atoms with Crippen LogP contribution in [-0.4, -0.2) is 62.2 Å². The zero-order chi connectivity index (χ0) is 35.0. The number of likely N-dealkylation sites (N-methyl/N-ethyl adjacent to an activating group) is 1. The average Bonchev–Trinajstić information content (AvgIpc) is 3.49. The second kappa shape index (κ2) is 13.2. The highest BCUT2D eigenvalue weighted by molar-refractivity contribution is 7.18. The number of thiophene rings is 1. The lowest BCUT2D eigenvalue weighted by Gasteiger charge is -2.32. The lowest BCUT2D eigenvalue weighted by atomic mass is 9.91. The Morgan fingerprint density at radius 1 is 1.22 bits per heavy atom. The third kappa shape index (κ3) is 6.35. The molecule has 238 valence electrons. The maximum Gasteiger partial charge on any atom is 0.338 e. The maximum atomic E-state index is 13.9. The van der Waals surface area contributed by atoms with Crippen LogP contribution in [-0.2, 0) is 25.9 Å². The SMILES string of the molecule is [2H]C([2H])([2H])N(Cc1ccnc(OC)c1)C1CCc2nc(C)n(CCOc3ccc(Cl)cc3-c3cc(C)nc4c(C(=O)O)csc34)c(=O)c2C1. The first kappa shape index (κ1) is 27.9. The Bertz CT molecular complexity index is 2120. The van der Waals surface area contributed by atoms with Crippen LogP contribution < -0.4 is 15.0 Å². The molecule has 0 saturated carbocycles. The zero-order valence-electron chi connectivity index (χ0n) is 28.5. The van der Waals surface area contributed by atoms with Crippen molar-refractivity contribution in [1.82, 2.24) is 24.4 Å². The standard InChI is InChI=1S/C34H34ClN5O5S/c1-19-13-25(32-31(37-19)27(18-46-32)34(42)43)24-15-22(35)5-8-29(24)45-12-11-40-20(2)38-28-7-6-23(16-26(28)33(40)41)39(3)17-21-9-10-36-30(14-21)44-4/h5,8-10,13-15,18,23H,6-7,11-12,16-17H2,1-4H3,(H,42,43)/i3D3. The normalized spacial score (nSPS) is 15.7. The molecule has 1 aliphatic carbocycles. The van der Waals surface area contributed by atoms with Crippen molar-refractivity contribution in [2.24, 2.45) is 0 Å². The number of halogens is 1. The van der Waals surface area contributed by atoms with E-state index in [2.05, 4.69) is 9.97 Å². The lowest BCUT2D eigenvalue weighted by molar-refractivity contribution is 0.0699. The first-order chi connectivity index (χ1) is 23.3.